The van der Waals surface area contributed by atoms with Crippen molar-refractivity contribution < 1.29 is 0 Å². The van der Waals surface area contributed by atoms with Crippen LogP contribution in [0.5, 0.6) is 0 Å². The number of rotatable bonds is 2. The van der Waals surface area contributed by atoms with E-state index in [1.54, 1.807) is 0 Å². The van der Waals surface area contributed by atoms with E-state index in [0.29, 0.717) is 22.7 Å². The lowest BCUT2D eigenvalue weighted by Crippen LogP contribution is -2.17. The van der Waals surface area contributed by atoms with E-state index in [9.17, 15) is 0 Å². The van der Waals surface area contributed by atoms with Crippen LogP contribution >= 0.6 is 0 Å². The summed E-state index contributed by atoms with van der Waals surface area (Å²) >= 11 is 0. The summed E-state index contributed by atoms with van der Waals surface area (Å²) in [5.41, 5.74) is 3.56. The lowest BCUT2D eigenvalue weighted by Gasteiger charge is -2.30. The Bertz CT molecular complexity index is 331. The highest BCUT2D eigenvalue weighted by Crippen LogP contribution is 2.37. The summed E-state index contributed by atoms with van der Waals surface area (Å²) in [5.74, 6) is 1.19. The molecule has 0 bridgehead atoms. The molecular weight excluding hydrogens is 216 g/mol. The SMILES string of the molecule is CC(c1ccc(C(C)C(C)(C)C)cc1)C(C)(C)C. The van der Waals surface area contributed by atoms with Gasteiger partial charge in [0.2, 0.25) is 0 Å². The minimum Gasteiger partial charge on any atom is -0.0596 e. The first-order valence-electron chi connectivity index (χ1n) is 7.13. The molecule has 0 aliphatic rings. The van der Waals surface area contributed by atoms with Crippen molar-refractivity contribution >= 4 is 0 Å². The van der Waals surface area contributed by atoms with Crippen molar-refractivity contribution in [2.75, 3.05) is 0 Å². The zero-order valence-electron chi connectivity index (χ0n) is 13.5. The van der Waals surface area contributed by atoms with Crippen LogP contribution in [0.25, 0.3) is 0 Å². The third-order valence-electron chi connectivity index (χ3n) is 4.53. The van der Waals surface area contributed by atoms with Crippen molar-refractivity contribution in [3.8, 4) is 0 Å². The molecule has 0 aromatic heterocycles. The molecule has 0 nitrogen and oxygen atoms in total. The highest BCUT2D eigenvalue weighted by atomic mass is 14.3. The van der Waals surface area contributed by atoms with E-state index in [1.807, 2.05) is 0 Å². The molecule has 0 spiro atoms. The Morgan fingerprint density at radius 1 is 0.611 bits per heavy atom. The van der Waals surface area contributed by atoms with Crippen molar-refractivity contribution in [3.05, 3.63) is 35.4 Å². The van der Waals surface area contributed by atoms with Gasteiger partial charge in [-0.15, -0.1) is 0 Å². The molecule has 2 atom stereocenters. The summed E-state index contributed by atoms with van der Waals surface area (Å²) in [5, 5.41) is 0. The minimum atomic E-state index is 0.331. The largest absolute Gasteiger partial charge is 0.0596 e. The maximum Gasteiger partial charge on any atom is -0.0142 e. The minimum absolute atomic E-state index is 0.331. The Hall–Kier alpha value is -0.780. The highest BCUT2D eigenvalue weighted by molar-refractivity contribution is 5.29. The summed E-state index contributed by atoms with van der Waals surface area (Å²) in [6.45, 7) is 18.5. The van der Waals surface area contributed by atoms with Crippen LogP contribution in [0.4, 0.5) is 0 Å². The Labute approximate surface area is 114 Å². The van der Waals surface area contributed by atoms with Crippen molar-refractivity contribution in [1.29, 1.82) is 0 Å². The number of hydrogen-bond acceptors (Lipinski definition) is 0. The zero-order valence-corrected chi connectivity index (χ0v) is 13.5. The summed E-state index contributed by atoms with van der Waals surface area (Å²) in [7, 11) is 0. The molecule has 1 aromatic rings. The molecule has 0 aliphatic carbocycles. The fraction of sp³-hybridized carbons (Fsp3) is 0.667. The summed E-state index contributed by atoms with van der Waals surface area (Å²) in [6.07, 6.45) is 0. The fourth-order valence-corrected chi connectivity index (χ4v) is 2.07. The fourth-order valence-electron chi connectivity index (χ4n) is 2.07. The Balaban J connectivity index is 2.94. The van der Waals surface area contributed by atoms with Crippen LogP contribution in [0.2, 0.25) is 0 Å². The van der Waals surface area contributed by atoms with Gasteiger partial charge in [-0.2, -0.15) is 0 Å². The standard InChI is InChI=1S/C18H30/c1-13(17(3,4)5)15-9-11-16(12-10-15)14(2)18(6,7)8/h9-14H,1-8H3. The van der Waals surface area contributed by atoms with E-state index < -0.39 is 0 Å². The molecule has 18 heavy (non-hydrogen) atoms. The normalized spacial score (nSPS) is 16.4. The smallest absolute Gasteiger partial charge is 0.0142 e. The highest BCUT2D eigenvalue weighted by Gasteiger charge is 2.24. The van der Waals surface area contributed by atoms with Crippen LogP contribution < -0.4 is 0 Å². The second-order valence-electron chi connectivity index (χ2n) is 7.84. The Morgan fingerprint density at radius 2 is 0.833 bits per heavy atom. The third-order valence-corrected chi connectivity index (χ3v) is 4.53. The molecule has 0 amide bonds. The van der Waals surface area contributed by atoms with Gasteiger partial charge in [-0.25, -0.2) is 0 Å². The van der Waals surface area contributed by atoms with Gasteiger partial charge in [0.15, 0.2) is 0 Å². The van der Waals surface area contributed by atoms with Crippen LogP contribution in [-0.2, 0) is 0 Å². The predicted molar refractivity (Wildman–Crippen MR) is 82.2 cm³/mol. The van der Waals surface area contributed by atoms with Crippen molar-refractivity contribution in [3.63, 3.8) is 0 Å². The van der Waals surface area contributed by atoms with Crippen LogP contribution in [0.15, 0.2) is 24.3 Å². The van der Waals surface area contributed by atoms with Gasteiger partial charge in [0, 0.05) is 0 Å². The van der Waals surface area contributed by atoms with E-state index in [2.05, 4.69) is 79.7 Å². The molecule has 0 heteroatoms. The Morgan fingerprint density at radius 3 is 1.00 bits per heavy atom. The van der Waals surface area contributed by atoms with Crippen molar-refractivity contribution in [2.45, 2.75) is 67.2 Å². The Kier molecular flexibility index (Phi) is 4.30. The maximum atomic E-state index is 2.32. The van der Waals surface area contributed by atoms with Gasteiger partial charge in [-0.1, -0.05) is 79.7 Å². The van der Waals surface area contributed by atoms with Crippen molar-refractivity contribution in [1.82, 2.24) is 0 Å². The lowest BCUT2D eigenvalue weighted by molar-refractivity contribution is 0.335. The molecule has 0 radical (unpaired) electrons. The second kappa shape index (κ2) is 5.07. The second-order valence-corrected chi connectivity index (χ2v) is 7.84. The van der Waals surface area contributed by atoms with Gasteiger partial charge in [-0.05, 0) is 33.8 Å². The number of hydrogen-bond donors (Lipinski definition) is 0. The molecule has 0 heterocycles. The van der Waals surface area contributed by atoms with Crippen LogP contribution in [0, 0.1) is 10.8 Å². The van der Waals surface area contributed by atoms with E-state index in [0.717, 1.165) is 0 Å². The van der Waals surface area contributed by atoms with Gasteiger partial charge in [-0.3, -0.25) is 0 Å². The summed E-state index contributed by atoms with van der Waals surface area (Å²) in [4.78, 5) is 0. The van der Waals surface area contributed by atoms with E-state index in [4.69, 9.17) is 0 Å². The molecule has 0 N–H and O–H groups in total. The van der Waals surface area contributed by atoms with Gasteiger partial charge < -0.3 is 0 Å². The predicted octanol–water partition coefficient (Wildman–Crippen LogP) is 5.99. The maximum absolute atomic E-state index is 2.32. The first-order valence-corrected chi connectivity index (χ1v) is 7.13. The first-order chi connectivity index (χ1) is 8.03. The monoisotopic (exact) mass is 246 g/mol. The molecule has 0 fully saturated rings. The lowest BCUT2D eigenvalue weighted by atomic mass is 9.75. The average Bonchev–Trinajstić information content (AvgIpc) is 2.25. The quantitative estimate of drug-likeness (QED) is 0.601. The van der Waals surface area contributed by atoms with Gasteiger partial charge in [0.25, 0.3) is 0 Å². The van der Waals surface area contributed by atoms with Gasteiger partial charge in [0.1, 0.15) is 0 Å². The molecule has 0 saturated carbocycles. The molecular formula is C18H30. The van der Waals surface area contributed by atoms with Gasteiger partial charge >= 0.3 is 0 Å². The van der Waals surface area contributed by atoms with Crippen LogP contribution in [0.3, 0.4) is 0 Å². The number of benzene rings is 1. The first kappa shape index (κ1) is 15.3. The zero-order chi connectivity index (χ0) is 14.1. The molecule has 1 aromatic carbocycles. The van der Waals surface area contributed by atoms with E-state index in [1.165, 1.54) is 11.1 Å². The molecule has 0 saturated heterocycles. The van der Waals surface area contributed by atoms with E-state index in [-0.39, 0.29) is 0 Å². The topological polar surface area (TPSA) is 0 Å². The third kappa shape index (κ3) is 3.60. The summed E-state index contributed by atoms with van der Waals surface area (Å²) in [6, 6.07) is 9.25. The van der Waals surface area contributed by atoms with E-state index >= 15 is 0 Å². The molecule has 102 valence electrons. The molecule has 2 unspecified atom stereocenters. The van der Waals surface area contributed by atoms with Crippen LogP contribution in [0.1, 0.15) is 78.4 Å². The van der Waals surface area contributed by atoms with Gasteiger partial charge in [0.05, 0.1) is 0 Å². The van der Waals surface area contributed by atoms with Crippen LogP contribution in [-0.4, -0.2) is 0 Å². The average molecular weight is 246 g/mol. The molecule has 1 rings (SSSR count). The summed E-state index contributed by atoms with van der Waals surface area (Å²) < 4.78 is 0. The van der Waals surface area contributed by atoms with Crippen molar-refractivity contribution in [2.24, 2.45) is 10.8 Å². The molecule has 0 aliphatic heterocycles.